The molecule has 0 saturated carbocycles. The monoisotopic (exact) mass is 286 g/mol. The number of benzene rings is 1. The summed E-state index contributed by atoms with van der Waals surface area (Å²) in [5.74, 6) is -0.408. The highest BCUT2D eigenvalue weighted by Crippen LogP contribution is 2.14. The molecule has 106 valence electrons. The molecule has 0 radical (unpaired) electrons. The Kier molecular flexibility index (Phi) is 6.89. The summed E-state index contributed by atoms with van der Waals surface area (Å²) in [5, 5.41) is 5.17. The zero-order chi connectivity index (χ0) is 13.7. The van der Waals surface area contributed by atoms with Crippen LogP contribution in [0, 0.1) is 5.92 Å². The summed E-state index contributed by atoms with van der Waals surface area (Å²) in [5.41, 5.74) is 11.8. The van der Waals surface area contributed by atoms with E-state index in [1.165, 1.54) is 0 Å². The van der Waals surface area contributed by atoms with Crippen LogP contribution in [-0.4, -0.2) is 18.0 Å². The van der Waals surface area contributed by atoms with Crippen molar-refractivity contribution in [2.24, 2.45) is 17.4 Å². The number of hydrogen-bond donors (Lipinski definition) is 4. The average molecular weight is 287 g/mol. The quantitative estimate of drug-likeness (QED) is 0.673. The highest BCUT2D eigenvalue weighted by molar-refractivity contribution is 5.93. The Bertz CT molecular complexity index is 434. The molecule has 6 nitrogen and oxygen atoms in total. The lowest BCUT2D eigenvalue weighted by Crippen LogP contribution is -2.34. The minimum Gasteiger partial charge on any atom is -0.351 e. The molecule has 2 atom stereocenters. The number of urea groups is 1. The second kappa shape index (κ2) is 7.60. The molecule has 0 spiro atoms. The molecule has 2 unspecified atom stereocenters. The van der Waals surface area contributed by atoms with Gasteiger partial charge in [-0.05, 0) is 31.2 Å². The van der Waals surface area contributed by atoms with Crippen molar-refractivity contribution in [2.75, 3.05) is 10.6 Å². The van der Waals surface area contributed by atoms with Gasteiger partial charge in [-0.25, -0.2) is 4.79 Å². The Morgan fingerprint density at radius 3 is 1.84 bits per heavy atom. The SMILES string of the molecule is CC(N)C(C)C(=O)Nc1ccc(NC(N)=O)cc1.Cl. The normalized spacial score (nSPS) is 12.8. The molecule has 19 heavy (non-hydrogen) atoms. The van der Waals surface area contributed by atoms with Crippen molar-refractivity contribution in [1.29, 1.82) is 0 Å². The average Bonchev–Trinajstić information content (AvgIpc) is 2.29. The Morgan fingerprint density at radius 2 is 1.47 bits per heavy atom. The van der Waals surface area contributed by atoms with Gasteiger partial charge < -0.3 is 22.1 Å². The highest BCUT2D eigenvalue weighted by Gasteiger charge is 2.16. The lowest BCUT2D eigenvalue weighted by molar-refractivity contribution is -0.119. The molecule has 0 aromatic heterocycles. The van der Waals surface area contributed by atoms with Crippen LogP contribution in [0.3, 0.4) is 0 Å². The number of amides is 3. The van der Waals surface area contributed by atoms with Gasteiger partial charge >= 0.3 is 6.03 Å². The van der Waals surface area contributed by atoms with Gasteiger partial charge in [0.25, 0.3) is 0 Å². The lowest BCUT2D eigenvalue weighted by atomic mass is 10.0. The molecule has 7 heteroatoms. The summed E-state index contributed by atoms with van der Waals surface area (Å²) in [6.45, 7) is 3.55. The van der Waals surface area contributed by atoms with E-state index in [1.807, 2.05) is 0 Å². The number of carbonyl (C=O) groups excluding carboxylic acids is 2. The number of rotatable bonds is 4. The molecular weight excluding hydrogens is 268 g/mol. The van der Waals surface area contributed by atoms with Gasteiger partial charge in [0.1, 0.15) is 0 Å². The van der Waals surface area contributed by atoms with E-state index in [-0.39, 0.29) is 30.3 Å². The van der Waals surface area contributed by atoms with Crippen LogP contribution < -0.4 is 22.1 Å². The fourth-order valence-electron chi connectivity index (χ4n) is 1.27. The van der Waals surface area contributed by atoms with Gasteiger partial charge in [-0.1, -0.05) is 6.92 Å². The van der Waals surface area contributed by atoms with E-state index >= 15 is 0 Å². The van der Waals surface area contributed by atoms with Crippen molar-refractivity contribution in [3.63, 3.8) is 0 Å². The van der Waals surface area contributed by atoms with E-state index in [4.69, 9.17) is 11.5 Å². The number of nitrogens with two attached hydrogens (primary N) is 2. The van der Waals surface area contributed by atoms with Gasteiger partial charge in [-0.3, -0.25) is 4.79 Å². The smallest absolute Gasteiger partial charge is 0.316 e. The summed E-state index contributed by atoms with van der Waals surface area (Å²) in [6, 6.07) is 5.82. The first-order chi connectivity index (χ1) is 8.40. The molecule has 3 amide bonds. The third kappa shape index (κ3) is 5.58. The summed E-state index contributed by atoms with van der Waals surface area (Å²) in [7, 11) is 0. The van der Waals surface area contributed by atoms with Crippen molar-refractivity contribution in [3.8, 4) is 0 Å². The predicted molar refractivity (Wildman–Crippen MR) is 78.3 cm³/mol. The topological polar surface area (TPSA) is 110 Å². The van der Waals surface area contributed by atoms with Crippen molar-refractivity contribution >= 4 is 35.7 Å². The Labute approximate surface area is 118 Å². The second-order valence-electron chi connectivity index (χ2n) is 4.20. The lowest BCUT2D eigenvalue weighted by Gasteiger charge is -2.15. The maximum atomic E-state index is 11.7. The van der Waals surface area contributed by atoms with Gasteiger partial charge in [0.05, 0.1) is 5.92 Å². The second-order valence-corrected chi connectivity index (χ2v) is 4.20. The van der Waals surface area contributed by atoms with Crippen molar-refractivity contribution in [3.05, 3.63) is 24.3 Å². The number of hydrogen-bond acceptors (Lipinski definition) is 3. The van der Waals surface area contributed by atoms with Gasteiger partial charge in [0, 0.05) is 17.4 Å². The number of primary amides is 1. The Balaban J connectivity index is 0.00000324. The number of nitrogens with one attached hydrogen (secondary N) is 2. The van der Waals surface area contributed by atoms with Crippen LogP contribution in [0.15, 0.2) is 24.3 Å². The van der Waals surface area contributed by atoms with E-state index < -0.39 is 6.03 Å². The van der Waals surface area contributed by atoms with Crippen LogP contribution in [0.5, 0.6) is 0 Å². The molecule has 1 aromatic carbocycles. The van der Waals surface area contributed by atoms with E-state index in [2.05, 4.69) is 10.6 Å². The number of halogens is 1. The van der Waals surface area contributed by atoms with Gasteiger partial charge in [-0.15, -0.1) is 12.4 Å². The highest BCUT2D eigenvalue weighted by atomic mass is 35.5. The molecule has 1 aromatic rings. The predicted octanol–water partition coefficient (Wildman–Crippen LogP) is 1.52. The van der Waals surface area contributed by atoms with E-state index in [9.17, 15) is 9.59 Å². The van der Waals surface area contributed by atoms with Crippen LogP contribution in [-0.2, 0) is 4.79 Å². The molecule has 0 aliphatic rings. The van der Waals surface area contributed by atoms with Crippen molar-refractivity contribution < 1.29 is 9.59 Å². The molecule has 6 N–H and O–H groups in total. The third-order valence-corrected chi connectivity index (χ3v) is 2.62. The first kappa shape index (κ1) is 17.2. The molecule has 0 bridgehead atoms. The third-order valence-electron chi connectivity index (χ3n) is 2.62. The van der Waals surface area contributed by atoms with Gasteiger partial charge in [-0.2, -0.15) is 0 Å². The van der Waals surface area contributed by atoms with E-state index in [1.54, 1.807) is 38.1 Å². The van der Waals surface area contributed by atoms with Crippen LogP contribution >= 0.6 is 12.4 Å². The maximum Gasteiger partial charge on any atom is 0.316 e. The summed E-state index contributed by atoms with van der Waals surface area (Å²) >= 11 is 0. The summed E-state index contributed by atoms with van der Waals surface area (Å²) < 4.78 is 0. The minimum absolute atomic E-state index is 0. The maximum absolute atomic E-state index is 11.7. The summed E-state index contributed by atoms with van der Waals surface area (Å²) in [6.07, 6.45) is 0. The number of carbonyl (C=O) groups is 2. The molecule has 0 fully saturated rings. The summed E-state index contributed by atoms with van der Waals surface area (Å²) in [4.78, 5) is 22.4. The standard InChI is InChI=1S/C12H18N4O2.ClH/c1-7(8(2)13)11(17)15-9-3-5-10(6-4-9)16-12(14)18;/h3-8H,13H2,1-2H3,(H,15,17)(H3,14,16,18);1H. The van der Waals surface area contributed by atoms with Crippen LogP contribution in [0.1, 0.15) is 13.8 Å². The van der Waals surface area contributed by atoms with Crippen molar-refractivity contribution in [1.82, 2.24) is 0 Å². The molecule has 0 aliphatic heterocycles. The number of anilines is 2. The molecule has 0 saturated heterocycles. The molecule has 1 rings (SSSR count). The minimum atomic E-state index is -0.627. The zero-order valence-corrected chi connectivity index (χ0v) is 11.7. The van der Waals surface area contributed by atoms with Gasteiger partial charge in [0.15, 0.2) is 0 Å². The van der Waals surface area contributed by atoms with Crippen LogP contribution in [0.2, 0.25) is 0 Å². The van der Waals surface area contributed by atoms with Crippen LogP contribution in [0.25, 0.3) is 0 Å². The first-order valence-electron chi connectivity index (χ1n) is 5.63. The molecular formula is C12H19ClN4O2. The molecule has 0 heterocycles. The molecule has 0 aliphatic carbocycles. The Morgan fingerprint density at radius 1 is 1.05 bits per heavy atom. The van der Waals surface area contributed by atoms with Crippen LogP contribution in [0.4, 0.5) is 16.2 Å². The first-order valence-corrected chi connectivity index (χ1v) is 5.63. The largest absolute Gasteiger partial charge is 0.351 e. The fourth-order valence-corrected chi connectivity index (χ4v) is 1.27. The zero-order valence-electron chi connectivity index (χ0n) is 10.8. The fraction of sp³-hybridized carbons (Fsp3) is 0.333. The Hall–Kier alpha value is -1.79. The van der Waals surface area contributed by atoms with Crippen molar-refractivity contribution in [2.45, 2.75) is 19.9 Å². The van der Waals surface area contributed by atoms with E-state index in [0.29, 0.717) is 11.4 Å². The van der Waals surface area contributed by atoms with E-state index in [0.717, 1.165) is 0 Å². The van der Waals surface area contributed by atoms with Gasteiger partial charge in [0.2, 0.25) is 5.91 Å².